The Kier molecular flexibility index (Phi) is 6.16. The second-order valence-electron chi connectivity index (χ2n) is 7.34. The van der Waals surface area contributed by atoms with Crippen LogP contribution in [0.1, 0.15) is 41.7 Å². The van der Waals surface area contributed by atoms with E-state index in [-0.39, 0.29) is 6.42 Å². The highest BCUT2D eigenvalue weighted by Crippen LogP contribution is 2.49. The predicted molar refractivity (Wildman–Crippen MR) is 119 cm³/mol. The molecule has 160 valence electrons. The maximum atomic E-state index is 11.3. The Morgan fingerprint density at radius 1 is 0.968 bits per heavy atom. The topological polar surface area (TPSA) is 65.0 Å². The normalized spacial score (nSPS) is 17.3. The van der Waals surface area contributed by atoms with Crippen molar-refractivity contribution in [1.29, 1.82) is 0 Å². The van der Waals surface area contributed by atoms with Gasteiger partial charge in [0.25, 0.3) is 0 Å². The molecule has 0 aromatic heterocycles. The number of fused-ring (bicyclic) bond motifs is 3. The summed E-state index contributed by atoms with van der Waals surface area (Å²) >= 11 is 6.39. The molecule has 0 saturated carbocycles. The Hall–Kier alpha value is -3.02. The fourth-order valence-corrected chi connectivity index (χ4v) is 4.35. The lowest BCUT2D eigenvalue weighted by atomic mass is 9.90. The summed E-state index contributed by atoms with van der Waals surface area (Å²) in [6.45, 7) is 0. The van der Waals surface area contributed by atoms with Gasteiger partial charge in [-0.05, 0) is 46.9 Å². The fraction of sp³-hybridized carbons (Fsp3) is 0.240. The number of carbonyl (C=O) groups is 1. The molecule has 6 heteroatoms. The number of carboxylic acid groups (broad SMARTS) is 1. The zero-order valence-electron chi connectivity index (χ0n) is 17.3. The van der Waals surface area contributed by atoms with Gasteiger partial charge in [-0.25, -0.2) is 0 Å². The lowest BCUT2D eigenvalue weighted by Gasteiger charge is -2.26. The van der Waals surface area contributed by atoms with E-state index in [1.54, 1.807) is 14.2 Å². The number of hydrogen-bond acceptors (Lipinski definition) is 4. The Balaban J connectivity index is 1.94. The van der Waals surface area contributed by atoms with E-state index in [0.29, 0.717) is 22.9 Å². The van der Waals surface area contributed by atoms with Gasteiger partial charge in [0, 0.05) is 17.0 Å². The summed E-state index contributed by atoms with van der Waals surface area (Å²) in [6, 6.07) is 19.3. The monoisotopic (exact) mass is 438 g/mol. The summed E-state index contributed by atoms with van der Waals surface area (Å²) in [4.78, 5) is 11.3. The van der Waals surface area contributed by atoms with E-state index in [9.17, 15) is 9.90 Å². The van der Waals surface area contributed by atoms with Crippen molar-refractivity contribution < 1.29 is 24.1 Å². The number of carboxylic acids is 1. The highest BCUT2D eigenvalue weighted by atomic mass is 35.5. The second-order valence-corrected chi connectivity index (χ2v) is 7.78. The summed E-state index contributed by atoms with van der Waals surface area (Å²) in [5.74, 6) is 0.307. The van der Waals surface area contributed by atoms with Crippen molar-refractivity contribution >= 4 is 17.6 Å². The van der Waals surface area contributed by atoms with E-state index in [1.165, 1.54) is 0 Å². The first kappa shape index (κ1) is 21.2. The average Bonchev–Trinajstić information content (AvgIpc) is 2.91. The molecule has 0 spiro atoms. The number of hydrogen-bond donors (Lipinski definition) is 1. The maximum Gasteiger partial charge on any atom is 0.303 e. The van der Waals surface area contributed by atoms with Gasteiger partial charge in [-0.3, -0.25) is 4.79 Å². The molecule has 2 atom stereocenters. The standard InChI is InChI=1S/C25H23ClO5/c1-29-22-9-5-8-19(25(22)30-2)24-20-14-15(26)10-11-17(20)16-6-3-4-7-18(16)21(31-24)12-13-23(27)28/h3-11,14,21,24H,12-13H2,1-2H3,(H,27,28). The molecule has 1 heterocycles. The molecule has 31 heavy (non-hydrogen) atoms. The summed E-state index contributed by atoms with van der Waals surface area (Å²) < 4.78 is 17.8. The SMILES string of the molecule is COc1cccc(C2OC(CCC(=O)O)c3ccccc3-c3ccc(Cl)cc32)c1OC. The molecule has 4 rings (SSSR count). The van der Waals surface area contributed by atoms with Crippen LogP contribution in [-0.2, 0) is 9.53 Å². The molecule has 0 amide bonds. The number of methoxy groups -OCH3 is 2. The molecule has 0 fully saturated rings. The number of benzene rings is 3. The van der Waals surface area contributed by atoms with Gasteiger partial charge in [0.2, 0.25) is 0 Å². The van der Waals surface area contributed by atoms with Crippen molar-refractivity contribution in [2.75, 3.05) is 14.2 Å². The van der Waals surface area contributed by atoms with Crippen LogP contribution in [-0.4, -0.2) is 25.3 Å². The third kappa shape index (κ3) is 4.11. The van der Waals surface area contributed by atoms with E-state index in [4.69, 9.17) is 25.8 Å². The molecule has 5 nitrogen and oxygen atoms in total. The number of para-hydroxylation sites is 1. The van der Waals surface area contributed by atoms with Crippen molar-refractivity contribution in [2.24, 2.45) is 0 Å². The third-order valence-corrected chi connectivity index (χ3v) is 5.77. The maximum absolute atomic E-state index is 11.3. The van der Waals surface area contributed by atoms with Crippen LogP contribution in [0, 0.1) is 0 Å². The summed E-state index contributed by atoms with van der Waals surface area (Å²) in [5.41, 5.74) is 4.64. The Labute approximate surface area is 186 Å². The van der Waals surface area contributed by atoms with Crippen LogP contribution in [0.3, 0.4) is 0 Å². The Morgan fingerprint density at radius 3 is 2.45 bits per heavy atom. The van der Waals surface area contributed by atoms with E-state index in [1.807, 2.05) is 60.7 Å². The molecule has 1 aliphatic rings. The van der Waals surface area contributed by atoms with Crippen molar-refractivity contribution in [3.63, 3.8) is 0 Å². The van der Waals surface area contributed by atoms with Gasteiger partial charge in [0.1, 0.15) is 6.10 Å². The lowest BCUT2D eigenvalue weighted by Crippen LogP contribution is -2.13. The van der Waals surface area contributed by atoms with Crippen LogP contribution in [0.2, 0.25) is 5.02 Å². The summed E-state index contributed by atoms with van der Waals surface area (Å²) in [6.07, 6.45) is -0.598. The van der Waals surface area contributed by atoms with Crippen molar-refractivity contribution in [3.05, 3.63) is 82.4 Å². The zero-order valence-corrected chi connectivity index (χ0v) is 18.1. The largest absolute Gasteiger partial charge is 0.493 e. The zero-order chi connectivity index (χ0) is 22.0. The quantitative estimate of drug-likeness (QED) is 0.507. The van der Waals surface area contributed by atoms with Crippen LogP contribution < -0.4 is 9.47 Å². The molecule has 1 aliphatic heterocycles. The molecule has 3 aromatic carbocycles. The minimum Gasteiger partial charge on any atom is -0.493 e. The van der Waals surface area contributed by atoms with E-state index in [2.05, 4.69) is 0 Å². The highest BCUT2D eigenvalue weighted by Gasteiger charge is 2.32. The lowest BCUT2D eigenvalue weighted by molar-refractivity contribution is -0.138. The molecule has 0 bridgehead atoms. The van der Waals surface area contributed by atoms with Crippen LogP contribution in [0.4, 0.5) is 0 Å². The van der Waals surface area contributed by atoms with Gasteiger partial charge in [-0.2, -0.15) is 0 Å². The predicted octanol–water partition coefficient (Wildman–Crippen LogP) is 6.05. The van der Waals surface area contributed by atoms with Gasteiger partial charge >= 0.3 is 5.97 Å². The van der Waals surface area contributed by atoms with Crippen LogP contribution in [0.5, 0.6) is 11.5 Å². The fourth-order valence-electron chi connectivity index (χ4n) is 4.17. The number of halogens is 1. The average molecular weight is 439 g/mol. The molecular formula is C25H23ClO5. The minimum atomic E-state index is -0.860. The molecule has 2 unspecified atom stereocenters. The van der Waals surface area contributed by atoms with E-state index in [0.717, 1.165) is 27.8 Å². The van der Waals surface area contributed by atoms with E-state index < -0.39 is 18.2 Å². The van der Waals surface area contributed by atoms with Crippen LogP contribution in [0.25, 0.3) is 11.1 Å². The van der Waals surface area contributed by atoms with Crippen LogP contribution >= 0.6 is 11.6 Å². The first-order chi connectivity index (χ1) is 15.0. The second kappa shape index (κ2) is 9.00. The van der Waals surface area contributed by atoms with Crippen LogP contribution in [0.15, 0.2) is 60.7 Å². The third-order valence-electron chi connectivity index (χ3n) is 5.53. The van der Waals surface area contributed by atoms with Gasteiger partial charge < -0.3 is 19.3 Å². The molecule has 0 aliphatic carbocycles. The minimum absolute atomic E-state index is 0.00192. The van der Waals surface area contributed by atoms with Gasteiger partial charge in [-0.15, -0.1) is 0 Å². The molecule has 3 aromatic rings. The highest BCUT2D eigenvalue weighted by molar-refractivity contribution is 6.30. The summed E-state index contributed by atoms with van der Waals surface area (Å²) in [5, 5.41) is 9.89. The number of aliphatic carboxylic acids is 1. The first-order valence-electron chi connectivity index (χ1n) is 10.0. The van der Waals surface area contributed by atoms with Gasteiger partial charge in [-0.1, -0.05) is 54.1 Å². The summed E-state index contributed by atoms with van der Waals surface area (Å²) in [7, 11) is 3.18. The molecule has 1 N–H and O–H groups in total. The Bertz CT molecular complexity index is 1110. The molecule has 0 saturated heterocycles. The molecule has 0 radical (unpaired) electrons. The number of ether oxygens (including phenoxy) is 3. The van der Waals surface area contributed by atoms with Crippen molar-refractivity contribution in [2.45, 2.75) is 25.0 Å². The van der Waals surface area contributed by atoms with Crippen molar-refractivity contribution in [3.8, 4) is 22.6 Å². The van der Waals surface area contributed by atoms with Gasteiger partial charge in [0.05, 0.1) is 20.3 Å². The van der Waals surface area contributed by atoms with E-state index >= 15 is 0 Å². The van der Waals surface area contributed by atoms with Gasteiger partial charge in [0.15, 0.2) is 11.5 Å². The number of rotatable bonds is 6. The molecular weight excluding hydrogens is 416 g/mol. The smallest absolute Gasteiger partial charge is 0.303 e. The first-order valence-corrected chi connectivity index (χ1v) is 10.4. The Morgan fingerprint density at radius 2 is 1.71 bits per heavy atom. The van der Waals surface area contributed by atoms with Crippen molar-refractivity contribution in [1.82, 2.24) is 0 Å².